The molecule has 1 aliphatic carbocycles. The Morgan fingerprint density at radius 3 is 2.71 bits per heavy atom. The molecule has 3 aromatic rings. The van der Waals surface area contributed by atoms with Crippen molar-refractivity contribution in [2.24, 2.45) is 5.92 Å². The molecule has 3 heterocycles. The van der Waals surface area contributed by atoms with Crippen LogP contribution in [0.2, 0.25) is 0 Å². The van der Waals surface area contributed by atoms with E-state index in [1.54, 1.807) is 43.5 Å². The third-order valence-corrected chi connectivity index (χ3v) is 7.89. The van der Waals surface area contributed by atoms with E-state index in [9.17, 15) is 14.7 Å². The van der Waals surface area contributed by atoms with Gasteiger partial charge in [-0.15, -0.1) is 11.3 Å². The van der Waals surface area contributed by atoms with Crippen molar-refractivity contribution in [3.05, 3.63) is 35.6 Å². The number of nitrogens with zero attached hydrogens (tertiary/aromatic N) is 3. The summed E-state index contributed by atoms with van der Waals surface area (Å²) in [4.78, 5) is 38.4. The van der Waals surface area contributed by atoms with Crippen molar-refractivity contribution >= 4 is 40.5 Å². The Labute approximate surface area is 224 Å². The summed E-state index contributed by atoms with van der Waals surface area (Å²) in [6, 6.07) is 5.42. The van der Waals surface area contributed by atoms with Crippen molar-refractivity contribution in [2.75, 3.05) is 10.6 Å². The Hall–Kier alpha value is -3.73. The van der Waals surface area contributed by atoms with Crippen molar-refractivity contribution in [2.45, 2.75) is 71.0 Å². The largest absolute Gasteiger partial charge is 0.481 e. The van der Waals surface area contributed by atoms with Crippen LogP contribution >= 0.6 is 11.3 Å². The number of benzene rings is 1. The zero-order valence-electron chi connectivity index (χ0n) is 21.8. The predicted molar refractivity (Wildman–Crippen MR) is 144 cm³/mol. The van der Waals surface area contributed by atoms with Crippen molar-refractivity contribution < 1.29 is 24.2 Å². The number of amides is 1. The van der Waals surface area contributed by atoms with Crippen LogP contribution in [0.3, 0.4) is 0 Å². The van der Waals surface area contributed by atoms with Crippen LogP contribution < -0.4 is 20.1 Å². The molecule has 1 aromatic carbocycles. The molecule has 5 rings (SSSR count). The summed E-state index contributed by atoms with van der Waals surface area (Å²) < 4.78 is 11.9. The summed E-state index contributed by atoms with van der Waals surface area (Å²) >= 11 is 1.57. The number of thiazole rings is 1. The van der Waals surface area contributed by atoms with Crippen molar-refractivity contribution in [3.63, 3.8) is 0 Å². The van der Waals surface area contributed by atoms with Gasteiger partial charge in [0, 0.05) is 35.6 Å². The molecule has 1 fully saturated rings. The minimum atomic E-state index is -1.04. The molecule has 1 aliphatic heterocycles. The zero-order valence-corrected chi connectivity index (χ0v) is 22.6. The Morgan fingerprint density at radius 2 is 2.00 bits per heavy atom. The quantitative estimate of drug-likeness (QED) is 0.352. The Balaban J connectivity index is 1.47. The van der Waals surface area contributed by atoms with Gasteiger partial charge in [0.05, 0.1) is 27.6 Å². The number of hydrogen-bond donors (Lipinski definition) is 3. The second-order valence-corrected chi connectivity index (χ2v) is 11.5. The van der Waals surface area contributed by atoms with Crippen LogP contribution in [0.25, 0.3) is 10.4 Å². The van der Waals surface area contributed by atoms with E-state index in [-0.39, 0.29) is 23.8 Å². The Kier molecular flexibility index (Phi) is 6.95. The molecule has 0 atom stereocenters. The smallest absolute Gasteiger partial charge is 0.306 e. The number of carbonyl (C=O) groups is 2. The molecule has 2 aliphatic rings. The van der Waals surface area contributed by atoms with Crippen molar-refractivity contribution in [3.8, 4) is 22.1 Å². The second-order valence-electron chi connectivity index (χ2n) is 10.4. The summed E-state index contributed by atoms with van der Waals surface area (Å²) in [5, 5.41) is 16.5. The Morgan fingerprint density at radius 1 is 1.24 bits per heavy atom. The Bertz CT molecular complexity index is 1360. The van der Waals surface area contributed by atoms with Crippen LogP contribution in [0, 0.1) is 5.92 Å². The third kappa shape index (κ3) is 5.42. The average molecular weight is 538 g/mol. The number of anilines is 3. The van der Waals surface area contributed by atoms with E-state index in [2.05, 4.69) is 20.6 Å². The van der Waals surface area contributed by atoms with Gasteiger partial charge >= 0.3 is 5.97 Å². The zero-order chi connectivity index (χ0) is 27.0. The standard InChI is InChI=1S/C27H31N5O5S/c1-14(2)36-21-9-10-28-26(32-21)30-17-11-18(22-19(12-17)31-25(35)27(3,4)37-22)20-13-29-23(38-20)15-5-7-16(8-6-15)24(33)34/h9-16H,5-8H2,1-4H3,(H,31,35)(H,33,34)(H,28,30,32). The second kappa shape index (κ2) is 10.2. The summed E-state index contributed by atoms with van der Waals surface area (Å²) in [6.07, 6.45) is 6.34. The number of fused-ring (bicyclic) bond motifs is 1. The lowest BCUT2D eigenvalue weighted by atomic mass is 9.82. The number of carbonyl (C=O) groups excluding carboxylic acids is 1. The highest BCUT2D eigenvalue weighted by Crippen LogP contribution is 2.47. The summed E-state index contributed by atoms with van der Waals surface area (Å²) in [7, 11) is 0. The number of ether oxygens (including phenoxy) is 2. The van der Waals surface area contributed by atoms with Crippen LogP contribution in [0.1, 0.15) is 64.3 Å². The molecule has 11 heteroatoms. The fourth-order valence-corrected chi connectivity index (χ4v) is 5.79. The monoisotopic (exact) mass is 537 g/mol. The number of hydrogen-bond acceptors (Lipinski definition) is 9. The van der Waals surface area contributed by atoms with Crippen LogP contribution in [0.15, 0.2) is 30.6 Å². The molecule has 1 saturated carbocycles. The van der Waals surface area contributed by atoms with Gasteiger partial charge in [0.25, 0.3) is 5.91 Å². The fraction of sp³-hybridized carbons (Fsp3) is 0.444. The molecule has 3 N–H and O–H groups in total. The SMILES string of the molecule is CC(C)Oc1ccnc(Nc2cc3c(c(-c4cnc(C5CCC(C(=O)O)CC5)s4)c2)OC(C)(C)C(=O)N3)n1. The molecule has 0 saturated heterocycles. The minimum Gasteiger partial charge on any atom is -0.481 e. The maximum absolute atomic E-state index is 12.7. The molecule has 0 bridgehead atoms. The van der Waals surface area contributed by atoms with Gasteiger partial charge in [0.2, 0.25) is 11.8 Å². The van der Waals surface area contributed by atoms with Crippen LogP contribution in [0.4, 0.5) is 17.3 Å². The third-order valence-electron chi connectivity index (χ3n) is 6.70. The van der Waals surface area contributed by atoms with Gasteiger partial charge in [-0.05, 0) is 65.5 Å². The van der Waals surface area contributed by atoms with Crippen LogP contribution in [-0.4, -0.2) is 43.6 Å². The van der Waals surface area contributed by atoms with Crippen molar-refractivity contribution in [1.29, 1.82) is 0 Å². The molecule has 0 radical (unpaired) electrons. The first-order valence-corrected chi connectivity index (χ1v) is 13.5. The van der Waals surface area contributed by atoms with Gasteiger partial charge < -0.3 is 25.2 Å². The van der Waals surface area contributed by atoms with Gasteiger partial charge in [0.15, 0.2) is 11.4 Å². The lowest BCUT2D eigenvalue weighted by Gasteiger charge is -2.33. The number of aromatic nitrogens is 3. The summed E-state index contributed by atoms with van der Waals surface area (Å²) in [5.74, 6) is 0.393. The van der Waals surface area contributed by atoms with E-state index in [0.29, 0.717) is 41.8 Å². The van der Waals surface area contributed by atoms with Gasteiger partial charge in [-0.3, -0.25) is 9.59 Å². The molecule has 10 nitrogen and oxygen atoms in total. The first kappa shape index (κ1) is 25.9. The van der Waals surface area contributed by atoms with Gasteiger partial charge in [-0.1, -0.05) is 0 Å². The highest BCUT2D eigenvalue weighted by Gasteiger charge is 2.37. The normalized spacial score (nSPS) is 20.3. The fourth-order valence-electron chi connectivity index (χ4n) is 4.69. The maximum atomic E-state index is 12.7. The van der Waals surface area contributed by atoms with Crippen LogP contribution in [0.5, 0.6) is 11.6 Å². The molecular formula is C27H31N5O5S. The van der Waals surface area contributed by atoms with E-state index >= 15 is 0 Å². The summed E-state index contributed by atoms with van der Waals surface area (Å²) in [5.41, 5.74) is 0.961. The minimum absolute atomic E-state index is 0.0245. The first-order valence-electron chi connectivity index (χ1n) is 12.7. The van der Waals surface area contributed by atoms with E-state index in [4.69, 9.17) is 14.5 Å². The van der Waals surface area contributed by atoms with Crippen LogP contribution in [-0.2, 0) is 9.59 Å². The van der Waals surface area contributed by atoms with E-state index in [1.807, 2.05) is 26.1 Å². The maximum Gasteiger partial charge on any atom is 0.306 e. The number of carboxylic acids is 1. The molecule has 200 valence electrons. The van der Waals surface area contributed by atoms with Gasteiger partial charge in [-0.2, -0.15) is 4.98 Å². The highest BCUT2D eigenvalue weighted by atomic mass is 32.1. The molecular weight excluding hydrogens is 506 g/mol. The first-order chi connectivity index (χ1) is 18.1. The molecule has 38 heavy (non-hydrogen) atoms. The lowest BCUT2D eigenvalue weighted by Crippen LogP contribution is -2.45. The van der Waals surface area contributed by atoms with Gasteiger partial charge in [-0.25, -0.2) is 9.97 Å². The van der Waals surface area contributed by atoms with E-state index in [0.717, 1.165) is 28.3 Å². The molecule has 2 aromatic heterocycles. The number of nitrogens with one attached hydrogen (secondary N) is 2. The molecule has 0 unspecified atom stereocenters. The molecule has 1 amide bonds. The van der Waals surface area contributed by atoms with Crippen molar-refractivity contribution in [1.82, 2.24) is 15.0 Å². The van der Waals surface area contributed by atoms with E-state index < -0.39 is 11.6 Å². The number of aliphatic carboxylic acids is 1. The predicted octanol–water partition coefficient (Wildman–Crippen LogP) is 5.60. The lowest BCUT2D eigenvalue weighted by molar-refractivity contribution is -0.142. The number of carboxylic acid groups (broad SMARTS) is 1. The highest BCUT2D eigenvalue weighted by molar-refractivity contribution is 7.15. The van der Waals surface area contributed by atoms with Gasteiger partial charge in [0.1, 0.15) is 0 Å². The van der Waals surface area contributed by atoms with E-state index in [1.165, 1.54) is 0 Å². The number of rotatable bonds is 7. The topological polar surface area (TPSA) is 136 Å². The summed E-state index contributed by atoms with van der Waals surface area (Å²) in [6.45, 7) is 7.31. The molecule has 0 spiro atoms. The average Bonchev–Trinajstić information content (AvgIpc) is 3.35.